The average molecular weight is 335 g/mol. The Morgan fingerprint density at radius 2 is 1.18 bits per heavy atom. The van der Waals surface area contributed by atoms with Crippen LogP contribution in [0.25, 0.3) is 21.5 Å². The number of ether oxygens (including phenoxy) is 2. The van der Waals surface area contributed by atoms with Crippen molar-refractivity contribution in [2.75, 3.05) is 13.2 Å². The van der Waals surface area contributed by atoms with Crippen LogP contribution in [0.3, 0.4) is 0 Å². The smallest absolute Gasteiger partial charge is 0.138 e. The molecule has 0 bridgehead atoms. The van der Waals surface area contributed by atoms with Crippen molar-refractivity contribution < 1.29 is 9.47 Å². The van der Waals surface area contributed by atoms with E-state index in [1.165, 1.54) is 0 Å². The molecule has 0 fully saturated rings. The molecule has 0 aliphatic rings. The lowest BCUT2D eigenvalue weighted by Crippen LogP contribution is -1.99. The van der Waals surface area contributed by atoms with Gasteiger partial charge in [0.25, 0.3) is 0 Å². The second kappa shape index (κ2) is 6.23. The second-order valence-electron chi connectivity index (χ2n) is 4.85. The number of benzene rings is 3. The first-order valence-corrected chi connectivity index (χ1v) is 8.02. The summed E-state index contributed by atoms with van der Waals surface area (Å²) in [5.74, 6) is 1.51. The zero-order chi connectivity index (χ0) is 15.7. The zero-order valence-electron chi connectivity index (χ0n) is 12.5. The maximum atomic E-state index is 6.44. The molecular formula is C18H16Cl2O2. The van der Waals surface area contributed by atoms with Crippen molar-refractivity contribution in [2.24, 2.45) is 0 Å². The Balaban J connectivity index is 2.58. The van der Waals surface area contributed by atoms with Crippen molar-refractivity contribution >= 4 is 44.7 Å². The summed E-state index contributed by atoms with van der Waals surface area (Å²) in [7, 11) is 0. The van der Waals surface area contributed by atoms with Gasteiger partial charge in [-0.15, -0.1) is 0 Å². The summed E-state index contributed by atoms with van der Waals surface area (Å²) in [6.45, 7) is 5.01. The zero-order valence-corrected chi connectivity index (χ0v) is 14.0. The van der Waals surface area contributed by atoms with E-state index in [9.17, 15) is 0 Å². The number of hydrogen-bond donors (Lipinski definition) is 0. The van der Waals surface area contributed by atoms with Crippen LogP contribution in [0.15, 0.2) is 36.4 Å². The van der Waals surface area contributed by atoms with Crippen LogP contribution >= 0.6 is 23.2 Å². The van der Waals surface area contributed by atoms with Crippen LogP contribution in [0.2, 0.25) is 10.0 Å². The maximum absolute atomic E-state index is 6.44. The largest absolute Gasteiger partial charge is 0.493 e. The number of rotatable bonds is 4. The molecule has 0 radical (unpaired) electrons. The van der Waals surface area contributed by atoms with Crippen molar-refractivity contribution in [3.05, 3.63) is 46.4 Å². The van der Waals surface area contributed by atoms with Crippen LogP contribution in [0, 0.1) is 0 Å². The molecule has 0 N–H and O–H groups in total. The third-order valence-corrected chi connectivity index (χ3v) is 4.18. The van der Waals surface area contributed by atoms with Crippen LogP contribution in [-0.2, 0) is 0 Å². The van der Waals surface area contributed by atoms with Gasteiger partial charge in [-0.1, -0.05) is 47.5 Å². The van der Waals surface area contributed by atoms with Gasteiger partial charge in [0.15, 0.2) is 0 Å². The molecule has 0 saturated carbocycles. The van der Waals surface area contributed by atoms with E-state index in [4.69, 9.17) is 32.7 Å². The summed E-state index contributed by atoms with van der Waals surface area (Å²) in [4.78, 5) is 0. The Morgan fingerprint density at radius 1 is 0.727 bits per heavy atom. The molecule has 0 saturated heterocycles. The minimum Gasteiger partial charge on any atom is -0.493 e. The van der Waals surface area contributed by atoms with Gasteiger partial charge >= 0.3 is 0 Å². The standard InChI is InChI=1S/C18H16Cl2O2/c1-3-21-17-11-7-5-9-13(19)15(11)18(22-4-2)16-12(17)8-6-10-14(16)20/h5-10H,3-4H2,1-2H3. The van der Waals surface area contributed by atoms with Crippen LogP contribution in [-0.4, -0.2) is 13.2 Å². The fourth-order valence-electron chi connectivity index (χ4n) is 2.75. The molecule has 0 aliphatic carbocycles. The molecule has 0 amide bonds. The van der Waals surface area contributed by atoms with E-state index < -0.39 is 0 Å². The quantitative estimate of drug-likeness (QED) is 0.537. The molecule has 4 heteroatoms. The normalized spacial score (nSPS) is 11.1. The van der Waals surface area contributed by atoms with E-state index in [0.717, 1.165) is 27.3 Å². The summed E-state index contributed by atoms with van der Waals surface area (Å²) >= 11 is 12.9. The van der Waals surface area contributed by atoms with Gasteiger partial charge in [-0.05, 0) is 26.0 Å². The Kier molecular flexibility index (Phi) is 4.32. The molecule has 114 valence electrons. The van der Waals surface area contributed by atoms with Gasteiger partial charge in [-0.25, -0.2) is 0 Å². The van der Waals surface area contributed by atoms with Crippen molar-refractivity contribution in [3.8, 4) is 11.5 Å². The molecule has 2 nitrogen and oxygen atoms in total. The van der Waals surface area contributed by atoms with Gasteiger partial charge in [0, 0.05) is 21.5 Å². The summed E-state index contributed by atoms with van der Waals surface area (Å²) in [6, 6.07) is 11.5. The molecule has 0 unspecified atom stereocenters. The topological polar surface area (TPSA) is 18.5 Å². The first kappa shape index (κ1) is 15.3. The molecule has 0 atom stereocenters. The fourth-order valence-corrected chi connectivity index (χ4v) is 3.27. The van der Waals surface area contributed by atoms with E-state index in [2.05, 4.69) is 0 Å². The molecule has 0 heterocycles. The van der Waals surface area contributed by atoms with E-state index in [0.29, 0.717) is 29.0 Å². The van der Waals surface area contributed by atoms with Gasteiger partial charge in [0.05, 0.1) is 23.3 Å². The minimum absolute atomic E-state index is 0.536. The maximum Gasteiger partial charge on any atom is 0.138 e. The van der Waals surface area contributed by atoms with E-state index >= 15 is 0 Å². The summed E-state index contributed by atoms with van der Waals surface area (Å²) < 4.78 is 11.8. The van der Waals surface area contributed by atoms with Crippen LogP contribution in [0.5, 0.6) is 11.5 Å². The number of fused-ring (bicyclic) bond motifs is 2. The molecule has 3 aromatic carbocycles. The van der Waals surface area contributed by atoms with Crippen LogP contribution in [0.1, 0.15) is 13.8 Å². The van der Waals surface area contributed by atoms with Crippen LogP contribution in [0.4, 0.5) is 0 Å². The summed E-state index contributed by atoms with van der Waals surface area (Å²) in [5.41, 5.74) is 0. The molecule has 0 spiro atoms. The highest BCUT2D eigenvalue weighted by Crippen LogP contribution is 2.47. The Bertz CT molecular complexity index is 780. The van der Waals surface area contributed by atoms with Crippen molar-refractivity contribution in [1.82, 2.24) is 0 Å². The molecule has 0 aromatic heterocycles. The summed E-state index contributed by atoms with van der Waals surface area (Å²) in [5, 5.41) is 4.82. The Labute approximate surface area is 139 Å². The van der Waals surface area contributed by atoms with Gasteiger partial charge in [0.2, 0.25) is 0 Å². The number of halogens is 2. The predicted octanol–water partition coefficient (Wildman–Crippen LogP) is 6.10. The van der Waals surface area contributed by atoms with Gasteiger partial charge in [-0.3, -0.25) is 0 Å². The van der Waals surface area contributed by atoms with Gasteiger partial charge in [-0.2, -0.15) is 0 Å². The molecular weight excluding hydrogens is 319 g/mol. The summed E-state index contributed by atoms with van der Waals surface area (Å²) in [6.07, 6.45) is 0. The molecule has 3 rings (SSSR count). The van der Waals surface area contributed by atoms with Crippen LogP contribution < -0.4 is 9.47 Å². The molecule has 22 heavy (non-hydrogen) atoms. The third-order valence-electron chi connectivity index (χ3n) is 3.55. The number of hydrogen-bond acceptors (Lipinski definition) is 2. The Morgan fingerprint density at radius 3 is 1.64 bits per heavy atom. The third kappa shape index (κ3) is 2.37. The lowest BCUT2D eigenvalue weighted by Gasteiger charge is -2.18. The highest BCUT2D eigenvalue weighted by molar-refractivity contribution is 6.40. The molecule has 0 aliphatic heterocycles. The first-order valence-electron chi connectivity index (χ1n) is 7.27. The van der Waals surface area contributed by atoms with E-state index in [1.54, 1.807) is 0 Å². The Hall–Kier alpha value is -1.64. The predicted molar refractivity (Wildman–Crippen MR) is 93.8 cm³/mol. The first-order chi connectivity index (χ1) is 10.7. The highest BCUT2D eigenvalue weighted by Gasteiger charge is 2.19. The minimum atomic E-state index is 0.536. The fraction of sp³-hybridized carbons (Fsp3) is 0.222. The lowest BCUT2D eigenvalue weighted by molar-refractivity contribution is 0.342. The van der Waals surface area contributed by atoms with Gasteiger partial charge < -0.3 is 9.47 Å². The van der Waals surface area contributed by atoms with Crippen molar-refractivity contribution in [2.45, 2.75) is 13.8 Å². The lowest BCUT2D eigenvalue weighted by atomic mass is 10.0. The highest BCUT2D eigenvalue weighted by atomic mass is 35.5. The molecule has 3 aromatic rings. The van der Waals surface area contributed by atoms with Gasteiger partial charge in [0.1, 0.15) is 11.5 Å². The van der Waals surface area contributed by atoms with E-state index in [1.807, 2.05) is 50.2 Å². The van der Waals surface area contributed by atoms with Crippen molar-refractivity contribution in [1.29, 1.82) is 0 Å². The van der Waals surface area contributed by atoms with Crippen molar-refractivity contribution in [3.63, 3.8) is 0 Å². The second-order valence-corrected chi connectivity index (χ2v) is 5.66. The average Bonchev–Trinajstić information content (AvgIpc) is 2.50. The van der Waals surface area contributed by atoms with E-state index in [-0.39, 0.29) is 0 Å². The monoisotopic (exact) mass is 334 g/mol. The SMILES string of the molecule is CCOc1c2cccc(Cl)c2c(OCC)c2c(Cl)cccc12.